The van der Waals surface area contributed by atoms with Gasteiger partial charge in [-0.25, -0.2) is 4.98 Å². The van der Waals surface area contributed by atoms with Gasteiger partial charge in [0.15, 0.2) is 11.3 Å². The van der Waals surface area contributed by atoms with Crippen molar-refractivity contribution in [3.63, 3.8) is 0 Å². The van der Waals surface area contributed by atoms with E-state index in [0.717, 1.165) is 11.1 Å². The second-order valence-corrected chi connectivity index (χ2v) is 4.11. The minimum atomic E-state index is -0.121. The van der Waals surface area contributed by atoms with Crippen molar-refractivity contribution in [3.05, 3.63) is 53.8 Å². The molecule has 0 fully saturated rings. The van der Waals surface area contributed by atoms with E-state index in [0.29, 0.717) is 17.2 Å². The maximum absolute atomic E-state index is 12.0. The fourth-order valence-electron chi connectivity index (χ4n) is 1.87. The van der Waals surface area contributed by atoms with Crippen molar-refractivity contribution >= 4 is 16.9 Å². The first-order chi connectivity index (χ1) is 8.74. The van der Waals surface area contributed by atoms with Gasteiger partial charge in [0, 0.05) is 0 Å². The summed E-state index contributed by atoms with van der Waals surface area (Å²) in [7, 11) is 0. The second-order valence-electron chi connectivity index (χ2n) is 4.11. The van der Waals surface area contributed by atoms with Gasteiger partial charge in [0.2, 0.25) is 11.7 Å². The summed E-state index contributed by atoms with van der Waals surface area (Å²) in [4.78, 5) is 16.2. The van der Waals surface area contributed by atoms with Crippen LogP contribution in [-0.2, 0) is 6.42 Å². The number of Topliss-reactive ketones (excluding diaryl/α,β-unsaturated/α-hetero) is 1. The molecule has 3 aromatic rings. The number of carbonyl (C=O) groups excluding carboxylic acids is 1. The topological polar surface area (TPSA) is 56.2 Å². The number of aryl methyl sites for hydroxylation is 1. The summed E-state index contributed by atoms with van der Waals surface area (Å²) in [5.41, 5.74) is 2.28. The van der Waals surface area contributed by atoms with Gasteiger partial charge >= 0.3 is 0 Å². The van der Waals surface area contributed by atoms with E-state index in [1.165, 1.54) is 6.26 Å². The van der Waals surface area contributed by atoms with Gasteiger partial charge in [0.05, 0.1) is 12.7 Å². The molecule has 0 spiro atoms. The SMILES string of the molecule is Cc1ccoc1C(=O)Cc1nc2ccccc2o1. The Bertz CT molecular complexity index is 675. The van der Waals surface area contributed by atoms with Crippen LogP contribution in [0.3, 0.4) is 0 Å². The lowest BCUT2D eigenvalue weighted by Gasteiger charge is -1.94. The molecule has 0 N–H and O–H groups in total. The van der Waals surface area contributed by atoms with E-state index in [9.17, 15) is 4.79 Å². The van der Waals surface area contributed by atoms with Crippen molar-refractivity contribution < 1.29 is 13.6 Å². The van der Waals surface area contributed by atoms with Crippen LogP contribution in [0, 0.1) is 6.92 Å². The molecule has 0 aliphatic carbocycles. The molecule has 0 saturated carbocycles. The third-order valence-corrected chi connectivity index (χ3v) is 2.77. The number of ketones is 1. The molecule has 18 heavy (non-hydrogen) atoms. The van der Waals surface area contributed by atoms with Gasteiger partial charge in [-0.15, -0.1) is 0 Å². The van der Waals surface area contributed by atoms with Gasteiger partial charge in [-0.3, -0.25) is 4.79 Å². The minimum absolute atomic E-state index is 0.114. The van der Waals surface area contributed by atoms with Gasteiger partial charge in [-0.1, -0.05) is 12.1 Å². The van der Waals surface area contributed by atoms with Crippen molar-refractivity contribution in [1.82, 2.24) is 4.98 Å². The van der Waals surface area contributed by atoms with Crippen LogP contribution < -0.4 is 0 Å². The van der Waals surface area contributed by atoms with E-state index in [1.54, 1.807) is 6.07 Å². The number of oxazole rings is 1. The maximum Gasteiger partial charge on any atom is 0.207 e. The van der Waals surface area contributed by atoms with E-state index < -0.39 is 0 Å². The Morgan fingerprint density at radius 1 is 1.28 bits per heavy atom. The first-order valence-corrected chi connectivity index (χ1v) is 5.66. The molecule has 3 rings (SSSR count). The number of rotatable bonds is 3. The lowest BCUT2D eigenvalue weighted by molar-refractivity contribution is 0.0958. The molecule has 0 aliphatic heterocycles. The number of para-hydroxylation sites is 2. The molecule has 0 amide bonds. The molecule has 1 aromatic carbocycles. The number of aromatic nitrogens is 1. The molecular formula is C14H11NO3. The summed E-state index contributed by atoms with van der Waals surface area (Å²) in [5.74, 6) is 0.665. The van der Waals surface area contributed by atoms with E-state index >= 15 is 0 Å². The summed E-state index contributed by atoms with van der Waals surface area (Å²) in [6.45, 7) is 1.84. The van der Waals surface area contributed by atoms with E-state index in [-0.39, 0.29) is 12.2 Å². The Hall–Kier alpha value is -2.36. The zero-order valence-corrected chi connectivity index (χ0v) is 9.84. The number of nitrogens with zero attached hydrogens (tertiary/aromatic N) is 1. The number of furan rings is 1. The average molecular weight is 241 g/mol. The maximum atomic E-state index is 12.0. The Balaban J connectivity index is 1.88. The third kappa shape index (κ3) is 1.82. The normalized spacial score (nSPS) is 10.9. The van der Waals surface area contributed by atoms with Crippen LogP contribution in [0.5, 0.6) is 0 Å². The summed E-state index contributed by atoms with van der Waals surface area (Å²) >= 11 is 0. The molecule has 4 heteroatoms. The molecule has 0 radical (unpaired) electrons. The summed E-state index contributed by atoms with van der Waals surface area (Å²) in [5, 5.41) is 0. The van der Waals surface area contributed by atoms with E-state index in [2.05, 4.69) is 4.98 Å². The lowest BCUT2D eigenvalue weighted by atomic mass is 10.1. The van der Waals surface area contributed by atoms with Crippen LogP contribution in [0.25, 0.3) is 11.1 Å². The fourth-order valence-corrected chi connectivity index (χ4v) is 1.87. The molecule has 2 aromatic heterocycles. The highest BCUT2D eigenvalue weighted by Crippen LogP contribution is 2.17. The largest absolute Gasteiger partial charge is 0.461 e. The highest BCUT2D eigenvalue weighted by molar-refractivity contribution is 5.95. The van der Waals surface area contributed by atoms with Crippen molar-refractivity contribution in [2.75, 3.05) is 0 Å². The number of hydrogen-bond acceptors (Lipinski definition) is 4. The molecular weight excluding hydrogens is 230 g/mol. The number of hydrogen-bond donors (Lipinski definition) is 0. The average Bonchev–Trinajstić information content (AvgIpc) is 2.94. The zero-order chi connectivity index (χ0) is 12.5. The standard InChI is InChI=1S/C14H11NO3/c1-9-6-7-17-14(9)11(16)8-13-15-10-4-2-3-5-12(10)18-13/h2-7H,8H2,1H3. The van der Waals surface area contributed by atoms with Gasteiger partial charge in [-0.05, 0) is 30.7 Å². The zero-order valence-electron chi connectivity index (χ0n) is 9.84. The summed E-state index contributed by atoms with van der Waals surface area (Å²) in [6, 6.07) is 9.20. The number of fused-ring (bicyclic) bond motifs is 1. The molecule has 90 valence electrons. The van der Waals surface area contributed by atoms with Crippen LogP contribution in [-0.4, -0.2) is 10.8 Å². The molecule has 0 bridgehead atoms. The second kappa shape index (κ2) is 4.14. The van der Waals surface area contributed by atoms with Gasteiger partial charge in [-0.2, -0.15) is 0 Å². The van der Waals surface area contributed by atoms with Crippen molar-refractivity contribution in [2.45, 2.75) is 13.3 Å². The van der Waals surface area contributed by atoms with Crippen molar-refractivity contribution in [1.29, 1.82) is 0 Å². The molecule has 2 heterocycles. The Labute approximate surface area is 103 Å². The summed E-state index contributed by atoms with van der Waals surface area (Å²) < 4.78 is 10.7. The quantitative estimate of drug-likeness (QED) is 0.661. The number of benzene rings is 1. The molecule has 4 nitrogen and oxygen atoms in total. The molecule has 0 saturated heterocycles. The minimum Gasteiger partial charge on any atom is -0.461 e. The van der Waals surface area contributed by atoms with Crippen LogP contribution in [0.2, 0.25) is 0 Å². The third-order valence-electron chi connectivity index (χ3n) is 2.77. The Morgan fingerprint density at radius 3 is 2.83 bits per heavy atom. The number of carbonyl (C=O) groups is 1. The Morgan fingerprint density at radius 2 is 2.11 bits per heavy atom. The predicted molar refractivity (Wildman–Crippen MR) is 65.5 cm³/mol. The molecule has 0 atom stereocenters. The smallest absolute Gasteiger partial charge is 0.207 e. The van der Waals surface area contributed by atoms with Crippen LogP contribution in [0.1, 0.15) is 22.0 Å². The van der Waals surface area contributed by atoms with E-state index in [4.69, 9.17) is 8.83 Å². The Kier molecular flexibility index (Phi) is 2.48. The van der Waals surface area contributed by atoms with E-state index in [1.807, 2.05) is 31.2 Å². The highest BCUT2D eigenvalue weighted by Gasteiger charge is 2.16. The monoisotopic (exact) mass is 241 g/mol. The summed E-state index contributed by atoms with van der Waals surface area (Å²) in [6.07, 6.45) is 1.62. The van der Waals surface area contributed by atoms with Gasteiger partial charge < -0.3 is 8.83 Å². The van der Waals surface area contributed by atoms with Crippen LogP contribution in [0.15, 0.2) is 45.4 Å². The van der Waals surface area contributed by atoms with Crippen LogP contribution in [0.4, 0.5) is 0 Å². The predicted octanol–water partition coefficient (Wildman–Crippen LogP) is 3.15. The molecule has 0 aliphatic rings. The van der Waals surface area contributed by atoms with Crippen molar-refractivity contribution in [2.24, 2.45) is 0 Å². The first kappa shape index (κ1) is 10.8. The van der Waals surface area contributed by atoms with Crippen molar-refractivity contribution in [3.8, 4) is 0 Å². The first-order valence-electron chi connectivity index (χ1n) is 5.66. The molecule has 0 unspecified atom stereocenters. The van der Waals surface area contributed by atoms with Crippen LogP contribution >= 0.6 is 0 Å². The highest BCUT2D eigenvalue weighted by atomic mass is 16.4. The van der Waals surface area contributed by atoms with Gasteiger partial charge in [0.1, 0.15) is 5.52 Å². The lowest BCUT2D eigenvalue weighted by Crippen LogP contribution is -2.03. The van der Waals surface area contributed by atoms with Gasteiger partial charge in [0.25, 0.3) is 0 Å². The fraction of sp³-hybridized carbons (Fsp3) is 0.143.